The van der Waals surface area contributed by atoms with E-state index in [2.05, 4.69) is 46.1 Å². The highest BCUT2D eigenvalue weighted by atomic mass is 13.8. The highest BCUT2D eigenvalue weighted by Gasteiger charge is 1.72. The summed E-state index contributed by atoms with van der Waals surface area (Å²) in [4.78, 5) is 0. The molecule has 0 unspecified atom stereocenters. The molecule has 0 fully saturated rings. The summed E-state index contributed by atoms with van der Waals surface area (Å²) in [6, 6.07) is 10.3. The average molecular weight is 325 g/mol. The molecule has 0 bridgehead atoms. The third-order valence-electron chi connectivity index (χ3n) is 2.17. The third-order valence-corrected chi connectivity index (χ3v) is 2.17. The Morgan fingerprint density at radius 2 is 1.29 bits per heavy atom. The summed E-state index contributed by atoms with van der Waals surface area (Å²) >= 11 is 0. The van der Waals surface area contributed by atoms with Gasteiger partial charge in [-0.1, -0.05) is 123 Å². The van der Waals surface area contributed by atoms with E-state index in [1.54, 1.807) is 12.2 Å². The molecule has 0 nitrogen and oxygen atoms in total. The van der Waals surface area contributed by atoms with E-state index in [1.165, 1.54) is 11.1 Å². The van der Waals surface area contributed by atoms with E-state index >= 15 is 0 Å². The molecular formula is C24H36. The molecule has 132 valence electrons. The minimum atomic E-state index is 1.31. The van der Waals surface area contributed by atoms with Gasteiger partial charge in [-0.15, -0.1) is 0 Å². The molecule has 1 aromatic rings. The van der Waals surface area contributed by atoms with Gasteiger partial charge in [-0.2, -0.15) is 0 Å². The summed E-state index contributed by atoms with van der Waals surface area (Å²) in [6.07, 6.45) is 17.2. The fourth-order valence-electron chi connectivity index (χ4n) is 1.11. The van der Waals surface area contributed by atoms with Gasteiger partial charge in [-0.05, 0) is 27.7 Å². The lowest BCUT2D eigenvalue weighted by Crippen LogP contribution is -1.62. The van der Waals surface area contributed by atoms with Crippen LogP contribution in [-0.4, -0.2) is 0 Å². The van der Waals surface area contributed by atoms with Gasteiger partial charge in [0.2, 0.25) is 0 Å². The van der Waals surface area contributed by atoms with E-state index in [-0.39, 0.29) is 0 Å². The second-order valence-corrected chi connectivity index (χ2v) is 4.67. The fourth-order valence-corrected chi connectivity index (χ4v) is 1.11. The average Bonchev–Trinajstić information content (AvgIpc) is 2.59. The van der Waals surface area contributed by atoms with E-state index in [0.717, 1.165) is 0 Å². The standard InChI is InChI=1S/C8H12.C7H8.C7H10.C2H6/c1-4-5-6-7-8(2)3;1-7-5-3-2-4-6-7;1-3-5-7-6-4-2;1-2/h4-7H,1H2,2-3H3;2-6H,1H3;3-7H,1H2,2H3;1-2H3/b6-5-;;6-4-,7-5-;. The second-order valence-electron chi connectivity index (χ2n) is 4.67. The van der Waals surface area contributed by atoms with E-state index in [0.29, 0.717) is 0 Å². The predicted octanol–water partition coefficient (Wildman–Crippen LogP) is 8.02. The lowest BCUT2D eigenvalue weighted by molar-refractivity contribution is 1.39. The molecule has 0 saturated carbocycles. The van der Waals surface area contributed by atoms with Crippen LogP contribution in [-0.2, 0) is 0 Å². The zero-order valence-corrected chi connectivity index (χ0v) is 16.5. The molecule has 0 spiro atoms. The molecule has 0 heterocycles. The van der Waals surface area contributed by atoms with Crippen molar-refractivity contribution >= 4 is 0 Å². The van der Waals surface area contributed by atoms with Crippen molar-refractivity contribution in [3.8, 4) is 0 Å². The van der Waals surface area contributed by atoms with E-state index in [1.807, 2.05) is 81.5 Å². The maximum atomic E-state index is 3.54. The van der Waals surface area contributed by atoms with Gasteiger partial charge in [0, 0.05) is 0 Å². The van der Waals surface area contributed by atoms with Gasteiger partial charge in [0.25, 0.3) is 0 Å². The number of hydrogen-bond acceptors (Lipinski definition) is 0. The number of benzene rings is 1. The lowest BCUT2D eigenvalue weighted by atomic mass is 10.2. The van der Waals surface area contributed by atoms with Crippen LogP contribution >= 0.6 is 0 Å². The number of hydrogen-bond donors (Lipinski definition) is 0. The largest absolute Gasteiger partial charge is 0.0991 e. The number of allylic oxidation sites excluding steroid dienone is 10. The summed E-state index contributed by atoms with van der Waals surface area (Å²) in [7, 11) is 0. The molecule has 0 saturated heterocycles. The Labute approximate surface area is 151 Å². The van der Waals surface area contributed by atoms with Crippen LogP contribution in [0.2, 0.25) is 0 Å². The first-order valence-corrected chi connectivity index (χ1v) is 8.43. The predicted molar refractivity (Wildman–Crippen MR) is 115 cm³/mol. The van der Waals surface area contributed by atoms with Gasteiger partial charge >= 0.3 is 0 Å². The molecule has 0 aliphatic heterocycles. The smallest absolute Gasteiger partial charge is 0.0398 e. The van der Waals surface area contributed by atoms with Crippen LogP contribution in [0, 0.1) is 6.92 Å². The molecule has 24 heavy (non-hydrogen) atoms. The van der Waals surface area contributed by atoms with Crippen LogP contribution in [0.1, 0.15) is 40.2 Å². The van der Waals surface area contributed by atoms with Gasteiger partial charge in [0.1, 0.15) is 0 Å². The van der Waals surface area contributed by atoms with Crippen LogP contribution in [0.15, 0.2) is 104 Å². The van der Waals surface area contributed by atoms with Gasteiger partial charge < -0.3 is 0 Å². The molecule has 1 aromatic carbocycles. The minimum absolute atomic E-state index is 1.31. The molecular weight excluding hydrogens is 288 g/mol. The van der Waals surface area contributed by atoms with E-state index in [9.17, 15) is 0 Å². The first-order valence-electron chi connectivity index (χ1n) is 8.43. The third kappa shape index (κ3) is 31.9. The monoisotopic (exact) mass is 324 g/mol. The minimum Gasteiger partial charge on any atom is -0.0991 e. The maximum absolute atomic E-state index is 3.54. The molecule has 0 radical (unpaired) electrons. The highest BCUT2D eigenvalue weighted by Crippen LogP contribution is 1.92. The van der Waals surface area contributed by atoms with E-state index in [4.69, 9.17) is 0 Å². The number of rotatable bonds is 4. The molecule has 0 N–H and O–H groups in total. The Kier molecular flexibility index (Phi) is 28.3. The number of aryl methyl sites for hydroxylation is 1. The summed E-state index contributed by atoms with van der Waals surface area (Å²) in [6.45, 7) is 19.2. The van der Waals surface area contributed by atoms with Crippen molar-refractivity contribution in [2.45, 2.75) is 41.5 Å². The van der Waals surface area contributed by atoms with Crippen molar-refractivity contribution in [2.75, 3.05) is 0 Å². The van der Waals surface area contributed by atoms with Crippen LogP contribution in [0.5, 0.6) is 0 Å². The van der Waals surface area contributed by atoms with Crippen LogP contribution < -0.4 is 0 Å². The Hall–Kier alpha value is -2.34. The topological polar surface area (TPSA) is 0 Å². The van der Waals surface area contributed by atoms with Crippen LogP contribution in [0.25, 0.3) is 0 Å². The molecule has 0 aliphatic rings. The summed E-state index contributed by atoms with van der Waals surface area (Å²) in [5, 5.41) is 0. The lowest BCUT2D eigenvalue weighted by Gasteiger charge is -1.82. The Balaban J connectivity index is -0.000000262. The first kappa shape index (κ1) is 26.6. The SMILES string of the molecule is C=C/C=C\C=C(C)C.C=C/C=C\C=C/C.CC.Cc1ccccc1. The van der Waals surface area contributed by atoms with Crippen LogP contribution in [0.3, 0.4) is 0 Å². The molecule has 0 amide bonds. The van der Waals surface area contributed by atoms with Gasteiger partial charge in [0.15, 0.2) is 0 Å². The summed E-state index contributed by atoms with van der Waals surface area (Å²) in [5.74, 6) is 0. The van der Waals surface area contributed by atoms with E-state index < -0.39 is 0 Å². The van der Waals surface area contributed by atoms with Crippen molar-refractivity contribution < 1.29 is 0 Å². The van der Waals surface area contributed by atoms with Gasteiger partial charge in [-0.25, -0.2) is 0 Å². The molecule has 0 heteroatoms. The van der Waals surface area contributed by atoms with Gasteiger partial charge in [-0.3, -0.25) is 0 Å². The van der Waals surface area contributed by atoms with Crippen molar-refractivity contribution in [1.82, 2.24) is 0 Å². The molecule has 0 atom stereocenters. The highest BCUT2D eigenvalue weighted by molar-refractivity contribution is 5.12. The Bertz CT molecular complexity index is 478. The van der Waals surface area contributed by atoms with Crippen LogP contribution in [0.4, 0.5) is 0 Å². The molecule has 0 aliphatic carbocycles. The fraction of sp³-hybridized carbons (Fsp3) is 0.250. The van der Waals surface area contributed by atoms with Gasteiger partial charge in [0.05, 0.1) is 0 Å². The van der Waals surface area contributed by atoms with Crippen molar-refractivity contribution in [2.24, 2.45) is 0 Å². The first-order chi connectivity index (χ1) is 11.6. The summed E-state index contributed by atoms with van der Waals surface area (Å²) in [5.41, 5.74) is 2.63. The molecule has 1 rings (SSSR count). The summed E-state index contributed by atoms with van der Waals surface area (Å²) < 4.78 is 0. The zero-order chi connectivity index (χ0) is 19.1. The van der Waals surface area contributed by atoms with Crippen molar-refractivity contribution in [1.29, 1.82) is 0 Å². The maximum Gasteiger partial charge on any atom is -0.0398 e. The Morgan fingerprint density at radius 3 is 1.62 bits per heavy atom. The van der Waals surface area contributed by atoms with Crippen molar-refractivity contribution in [3.63, 3.8) is 0 Å². The zero-order valence-electron chi connectivity index (χ0n) is 16.5. The normalized spacial score (nSPS) is 9.08. The quantitative estimate of drug-likeness (QED) is 0.492. The Morgan fingerprint density at radius 1 is 0.792 bits per heavy atom. The molecule has 0 aromatic heterocycles. The van der Waals surface area contributed by atoms with Crippen molar-refractivity contribution in [3.05, 3.63) is 109 Å². The second kappa shape index (κ2) is 25.6.